The summed E-state index contributed by atoms with van der Waals surface area (Å²) in [5.41, 5.74) is 1.92. The lowest BCUT2D eigenvalue weighted by molar-refractivity contribution is 0.0250. The van der Waals surface area contributed by atoms with Crippen LogP contribution in [-0.4, -0.2) is 54.9 Å². The number of para-hydroxylation sites is 1. The van der Waals surface area contributed by atoms with Crippen molar-refractivity contribution in [3.8, 4) is 0 Å². The molecule has 1 aromatic heterocycles. The summed E-state index contributed by atoms with van der Waals surface area (Å²) in [5, 5.41) is 6.96. The molecule has 44 heavy (non-hydrogen) atoms. The van der Waals surface area contributed by atoms with Gasteiger partial charge in [-0.15, -0.1) is 0 Å². The quantitative estimate of drug-likeness (QED) is 0.285. The molecule has 9 heteroatoms. The van der Waals surface area contributed by atoms with Crippen LogP contribution in [0.1, 0.15) is 75.2 Å². The SMILES string of the molecule is CC(C)(C)OC(=O)NCC1CCC(CNC(=O)c2cc(N3CCC(OCc4ccc(F)cc4)CC3)nc3ccccc23)CC1. The Balaban J connectivity index is 1.12. The zero-order valence-corrected chi connectivity index (χ0v) is 26.1. The number of benzene rings is 2. The van der Waals surface area contributed by atoms with E-state index in [4.69, 9.17) is 14.5 Å². The molecule has 0 spiro atoms. The molecule has 2 aromatic carbocycles. The fourth-order valence-electron chi connectivity index (χ4n) is 6.07. The summed E-state index contributed by atoms with van der Waals surface area (Å²) in [6.45, 7) is 8.87. The number of fused-ring (bicyclic) bond motifs is 1. The largest absolute Gasteiger partial charge is 0.444 e. The van der Waals surface area contributed by atoms with Gasteiger partial charge in [0.25, 0.3) is 5.91 Å². The molecule has 2 amide bonds. The fraction of sp³-hybridized carbons (Fsp3) is 0.514. The maximum Gasteiger partial charge on any atom is 0.407 e. The Morgan fingerprint density at radius 1 is 0.909 bits per heavy atom. The Morgan fingerprint density at radius 2 is 1.55 bits per heavy atom. The molecular formula is C35H45FN4O4. The van der Waals surface area contributed by atoms with Crippen LogP contribution in [0, 0.1) is 17.7 Å². The molecule has 2 aliphatic rings. The first-order valence-corrected chi connectivity index (χ1v) is 15.9. The summed E-state index contributed by atoms with van der Waals surface area (Å²) in [6.07, 6.45) is 5.53. The number of ether oxygens (including phenoxy) is 2. The highest BCUT2D eigenvalue weighted by atomic mass is 19.1. The number of pyridine rings is 1. The Morgan fingerprint density at radius 3 is 2.20 bits per heavy atom. The summed E-state index contributed by atoms with van der Waals surface area (Å²) in [4.78, 5) is 32.7. The predicted octanol–water partition coefficient (Wildman–Crippen LogP) is 6.62. The van der Waals surface area contributed by atoms with E-state index in [0.717, 1.165) is 73.9 Å². The van der Waals surface area contributed by atoms with Crippen LogP contribution in [0.5, 0.6) is 0 Å². The summed E-state index contributed by atoms with van der Waals surface area (Å²) in [6, 6.07) is 16.2. The number of hydrogen-bond acceptors (Lipinski definition) is 6. The predicted molar refractivity (Wildman–Crippen MR) is 170 cm³/mol. The highest BCUT2D eigenvalue weighted by molar-refractivity contribution is 6.07. The van der Waals surface area contributed by atoms with Crippen molar-refractivity contribution in [2.75, 3.05) is 31.1 Å². The Hall–Kier alpha value is -3.72. The van der Waals surface area contributed by atoms with Gasteiger partial charge in [0.05, 0.1) is 23.8 Å². The van der Waals surface area contributed by atoms with Crippen LogP contribution >= 0.6 is 0 Å². The van der Waals surface area contributed by atoms with Crippen molar-refractivity contribution in [1.29, 1.82) is 0 Å². The number of nitrogens with one attached hydrogen (secondary N) is 2. The number of carbonyl (C=O) groups excluding carboxylic acids is 2. The van der Waals surface area contributed by atoms with Crippen LogP contribution in [-0.2, 0) is 16.1 Å². The Labute approximate surface area is 259 Å². The lowest BCUT2D eigenvalue weighted by Gasteiger charge is -2.33. The maximum absolute atomic E-state index is 13.5. The van der Waals surface area contributed by atoms with E-state index in [1.54, 1.807) is 12.1 Å². The van der Waals surface area contributed by atoms with E-state index in [1.165, 1.54) is 12.1 Å². The molecule has 2 heterocycles. The molecule has 236 valence electrons. The maximum atomic E-state index is 13.5. The number of halogens is 1. The van der Waals surface area contributed by atoms with Crippen LogP contribution in [0.2, 0.25) is 0 Å². The molecule has 1 aliphatic heterocycles. The molecule has 1 aliphatic carbocycles. The van der Waals surface area contributed by atoms with Crippen LogP contribution < -0.4 is 15.5 Å². The van der Waals surface area contributed by atoms with Gasteiger partial charge < -0.3 is 25.0 Å². The van der Waals surface area contributed by atoms with E-state index >= 15 is 0 Å². The van der Waals surface area contributed by atoms with E-state index in [2.05, 4.69) is 15.5 Å². The molecule has 0 unspecified atom stereocenters. The monoisotopic (exact) mass is 604 g/mol. The second-order valence-electron chi connectivity index (χ2n) is 13.1. The van der Waals surface area contributed by atoms with Gasteiger partial charge in [-0.3, -0.25) is 4.79 Å². The zero-order chi connectivity index (χ0) is 31.1. The van der Waals surface area contributed by atoms with Crippen molar-refractivity contribution in [3.05, 3.63) is 71.5 Å². The molecule has 5 rings (SSSR count). The molecule has 2 fully saturated rings. The van der Waals surface area contributed by atoms with Crippen molar-refractivity contribution in [3.63, 3.8) is 0 Å². The van der Waals surface area contributed by atoms with Crippen LogP contribution in [0.4, 0.5) is 15.0 Å². The van der Waals surface area contributed by atoms with Crippen molar-refractivity contribution >= 4 is 28.7 Å². The standard InChI is InChI=1S/C35H45FN4O4/c1-35(2,3)44-34(42)38-22-25-10-8-24(9-11-25)21-37-33(41)30-20-32(39-31-7-5-4-6-29(30)31)40-18-16-28(17-19-40)43-23-26-12-14-27(36)15-13-26/h4-7,12-15,20,24-25,28H,8-11,16-19,21-23H2,1-3H3,(H,37,41)(H,38,42). The average Bonchev–Trinajstić information content (AvgIpc) is 3.02. The fourth-order valence-corrected chi connectivity index (χ4v) is 6.07. The minimum absolute atomic E-state index is 0.0731. The molecule has 0 bridgehead atoms. The first-order valence-electron chi connectivity index (χ1n) is 15.9. The van der Waals surface area contributed by atoms with Gasteiger partial charge in [-0.2, -0.15) is 0 Å². The lowest BCUT2D eigenvalue weighted by atomic mass is 9.82. The van der Waals surface area contributed by atoms with Gasteiger partial charge in [-0.05, 0) is 101 Å². The molecule has 0 radical (unpaired) electrons. The number of anilines is 1. The number of aromatic nitrogens is 1. The van der Waals surface area contributed by atoms with Crippen molar-refractivity contribution < 1.29 is 23.5 Å². The number of rotatable bonds is 9. The van der Waals surface area contributed by atoms with Gasteiger partial charge in [-0.1, -0.05) is 30.3 Å². The van der Waals surface area contributed by atoms with Gasteiger partial charge in [0.1, 0.15) is 17.2 Å². The van der Waals surface area contributed by atoms with Gasteiger partial charge in [0, 0.05) is 31.6 Å². The van der Waals surface area contributed by atoms with E-state index in [0.29, 0.717) is 37.1 Å². The normalized spacial score (nSPS) is 19.5. The first-order chi connectivity index (χ1) is 21.1. The van der Waals surface area contributed by atoms with Gasteiger partial charge >= 0.3 is 6.09 Å². The Bertz CT molecular complexity index is 1410. The molecule has 1 saturated heterocycles. The number of amides is 2. The van der Waals surface area contributed by atoms with Crippen molar-refractivity contribution in [2.24, 2.45) is 11.8 Å². The number of alkyl carbamates (subject to hydrolysis) is 1. The smallest absolute Gasteiger partial charge is 0.407 e. The van der Waals surface area contributed by atoms with E-state index in [1.807, 2.05) is 51.1 Å². The van der Waals surface area contributed by atoms with E-state index in [-0.39, 0.29) is 23.9 Å². The summed E-state index contributed by atoms with van der Waals surface area (Å²) in [5.74, 6) is 1.34. The van der Waals surface area contributed by atoms with Gasteiger partial charge in [0.15, 0.2) is 0 Å². The lowest BCUT2D eigenvalue weighted by Crippen LogP contribution is -2.38. The number of nitrogens with zero attached hydrogens (tertiary/aromatic N) is 2. The number of carbonyl (C=O) groups is 2. The average molecular weight is 605 g/mol. The highest BCUT2D eigenvalue weighted by Gasteiger charge is 2.25. The molecule has 3 aromatic rings. The van der Waals surface area contributed by atoms with Crippen LogP contribution in [0.25, 0.3) is 10.9 Å². The molecular weight excluding hydrogens is 559 g/mol. The number of hydrogen-bond donors (Lipinski definition) is 2. The third-order valence-electron chi connectivity index (χ3n) is 8.56. The highest BCUT2D eigenvalue weighted by Crippen LogP contribution is 2.29. The molecule has 1 saturated carbocycles. The molecule has 2 N–H and O–H groups in total. The second kappa shape index (κ2) is 14.4. The summed E-state index contributed by atoms with van der Waals surface area (Å²) < 4.78 is 24.6. The second-order valence-corrected chi connectivity index (χ2v) is 13.1. The minimum Gasteiger partial charge on any atom is -0.444 e. The van der Waals surface area contributed by atoms with Gasteiger partial charge in [-0.25, -0.2) is 14.2 Å². The zero-order valence-electron chi connectivity index (χ0n) is 26.1. The topological polar surface area (TPSA) is 92.8 Å². The summed E-state index contributed by atoms with van der Waals surface area (Å²) >= 11 is 0. The minimum atomic E-state index is -0.500. The van der Waals surface area contributed by atoms with Crippen LogP contribution in [0.15, 0.2) is 54.6 Å². The molecule has 0 atom stereocenters. The van der Waals surface area contributed by atoms with Crippen molar-refractivity contribution in [2.45, 2.75) is 77.6 Å². The van der Waals surface area contributed by atoms with E-state index < -0.39 is 5.60 Å². The van der Waals surface area contributed by atoms with Crippen molar-refractivity contribution in [1.82, 2.24) is 15.6 Å². The van der Waals surface area contributed by atoms with Crippen LogP contribution in [0.3, 0.4) is 0 Å². The third kappa shape index (κ3) is 8.91. The summed E-state index contributed by atoms with van der Waals surface area (Å²) in [7, 11) is 0. The molecule has 8 nitrogen and oxygen atoms in total. The first kappa shape index (κ1) is 31.7. The van der Waals surface area contributed by atoms with E-state index in [9.17, 15) is 14.0 Å². The van der Waals surface area contributed by atoms with Gasteiger partial charge in [0.2, 0.25) is 0 Å². The number of piperidine rings is 1. The Kier molecular flexibility index (Phi) is 10.4. The third-order valence-corrected chi connectivity index (χ3v) is 8.56.